The summed E-state index contributed by atoms with van der Waals surface area (Å²) in [5.74, 6) is -0.660. The average Bonchev–Trinajstić information content (AvgIpc) is 3.57. The monoisotopic (exact) mass is 520 g/mol. The van der Waals surface area contributed by atoms with Crippen LogP contribution < -0.4 is 5.32 Å². The molecule has 0 unspecified atom stereocenters. The van der Waals surface area contributed by atoms with Crippen molar-refractivity contribution in [3.05, 3.63) is 93.2 Å². The molecule has 0 saturated carbocycles. The fourth-order valence-electron chi connectivity index (χ4n) is 3.50. The van der Waals surface area contributed by atoms with Crippen LogP contribution in [0.3, 0.4) is 0 Å². The molecule has 2 heterocycles. The predicted molar refractivity (Wildman–Crippen MR) is 136 cm³/mol. The first-order chi connectivity index (χ1) is 17.4. The number of nitrogens with zero attached hydrogens (tertiary/aromatic N) is 5. The normalized spacial score (nSPS) is 11.9. The van der Waals surface area contributed by atoms with E-state index in [0.29, 0.717) is 27.5 Å². The fourth-order valence-corrected chi connectivity index (χ4v) is 4.25. The van der Waals surface area contributed by atoms with Gasteiger partial charge in [-0.1, -0.05) is 35.9 Å². The van der Waals surface area contributed by atoms with Gasteiger partial charge in [-0.2, -0.15) is 4.68 Å². The highest BCUT2D eigenvalue weighted by atomic mass is 35.5. The van der Waals surface area contributed by atoms with E-state index in [1.807, 2.05) is 5.38 Å². The molecule has 0 aliphatic carbocycles. The molecule has 0 radical (unpaired) electrons. The average molecular weight is 521 g/mol. The van der Waals surface area contributed by atoms with Gasteiger partial charge in [0.25, 0.3) is 0 Å². The zero-order chi connectivity index (χ0) is 25.5. The van der Waals surface area contributed by atoms with Gasteiger partial charge >= 0.3 is 0 Å². The van der Waals surface area contributed by atoms with E-state index in [4.69, 9.17) is 11.6 Å². The second-order valence-corrected chi connectivity index (χ2v) is 9.09. The summed E-state index contributed by atoms with van der Waals surface area (Å²) in [6, 6.07) is 11.2. The highest BCUT2D eigenvalue weighted by Gasteiger charge is 2.22. The van der Waals surface area contributed by atoms with Gasteiger partial charge in [0.05, 0.1) is 22.9 Å². The minimum Gasteiger partial charge on any atom is -0.342 e. The van der Waals surface area contributed by atoms with E-state index < -0.39 is 11.9 Å². The lowest BCUT2D eigenvalue weighted by atomic mass is 9.99. The highest BCUT2D eigenvalue weighted by molar-refractivity contribution is 7.07. The van der Waals surface area contributed by atoms with Gasteiger partial charge in [-0.15, -0.1) is 16.4 Å². The summed E-state index contributed by atoms with van der Waals surface area (Å²) in [4.78, 5) is 41.7. The Hall–Kier alpha value is -4.02. The Morgan fingerprint density at radius 2 is 1.97 bits per heavy atom. The standard InChI is InChI=1S/C25H21ClN6O3S/c1-16(33)18-4-2-17(3-5-18)10-24(34)22(12-21-13-36-15-27-21)29-25(35)9-6-19-11-20(26)7-8-23(19)32-14-28-30-31-32/h2-9,11,13-15,22H,10,12H2,1H3,(H,29,35)/b9-6+/t22-/m0/s1. The Labute approximate surface area is 215 Å². The summed E-state index contributed by atoms with van der Waals surface area (Å²) < 4.78 is 1.46. The van der Waals surface area contributed by atoms with Crippen LogP contribution in [0.4, 0.5) is 0 Å². The molecule has 0 saturated heterocycles. The molecule has 9 nitrogen and oxygen atoms in total. The van der Waals surface area contributed by atoms with E-state index in [0.717, 1.165) is 5.56 Å². The minimum absolute atomic E-state index is 0.0451. The van der Waals surface area contributed by atoms with Gasteiger partial charge < -0.3 is 5.32 Å². The summed E-state index contributed by atoms with van der Waals surface area (Å²) in [5, 5.41) is 16.3. The number of carbonyl (C=O) groups excluding carboxylic acids is 3. The van der Waals surface area contributed by atoms with E-state index in [1.54, 1.807) is 54.1 Å². The number of thiazole rings is 1. The maximum Gasteiger partial charge on any atom is 0.244 e. The zero-order valence-corrected chi connectivity index (χ0v) is 20.7. The lowest BCUT2D eigenvalue weighted by Gasteiger charge is -2.16. The molecule has 0 aliphatic rings. The topological polar surface area (TPSA) is 120 Å². The Balaban J connectivity index is 1.50. The number of halogens is 1. The number of rotatable bonds is 10. The number of nitrogens with one attached hydrogen (secondary N) is 1. The quantitative estimate of drug-likeness (QED) is 0.251. The number of hydrogen-bond donors (Lipinski definition) is 1. The van der Waals surface area contributed by atoms with E-state index in [9.17, 15) is 14.4 Å². The molecule has 2 aromatic heterocycles. The van der Waals surface area contributed by atoms with Crippen molar-refractivity contribution in [2.24, 2.45) is 0 Å². The molecule has 1 N–H and O–H groups in total. The summed E-state index contributed by atoms with van der Waals surface area (Å²) in [5.41, 5.74) is 4.98. The number of carbonyl (C=O) groups is 3. The summed E-state index contributed by atoms with van der Waals surface area (Å²) in [7, 11) is 0. The third kappa shape index (κ3) is 6.55. The molecular formula is C25H21ClN6O3S. The zero-order valence-electron chi connectivity index (χ0n) is 19.2. The van der Waals surface area contributed by atoms with Crippen molar-refractivity contribution in [2.75, 3.05) is 0 Å². The van der Waals surface area contributed by atoms with Crippen molar-refractivity contribution in [3.63, 3.8) is 0 Å². The number of Topliss-reactive ketones (excluding diaryl/α,β-unsaturated/α-hetero) is 2. The molecule has 2 aromatic carbocycles. The Morgan fingerprint density at radius 3 is 2.64 bits per heavy atom. The third-order valence-electron chi connectivity index (χ3n) is 5.34. The van der Waals surface area contributed by atoms with Crippen LogP contribution in [-0.4, -0.2) is 48.7 Å². The SMILES string of the molecule is CC(=O)c1ccc(CC(=O)[C@H](Cc2cscn2)NC(=O)/C=C/c2cc(Cl)ccc2-n2cnnn2)cc1. The number of ketones is 2. The number of tetrazole rings is 1. The van der Waals surface area contributed by atoms with Crippen molar-refractivity contribution in [1.82, 2.24) is 30.5 Å². The number of amides is 1. The summed E-state index contributed by atoms with van der Waals surface area (Å²) in [6.07, 6.45) is 4.73. The minimum atomic E-state index is -0.782. The van der Waals surface area contributed by atoms with Gasteiger partial charge in [-0.25, -0.2) is 4.98 Å². The van der Waals surface area contributed by atoms with Crippen LogP contribution in [0, 0.1) is 0 Å². The summed E-state index contributed by atoms with van der Waals surface area (Å²) >= 11 is 7.56. The molecule has 0 fully saturated rings. The molecule has 1 atom stereocenters. The molecule has 1 amide bonds. The van der Waals surface area contributed by atoms with Crippen molar-refractivity contribution < 1.29 is 14.4 Å². The van der Waals surface area contributed by atoms with Gasteiger partial charge in [0.1, 0.15) is 6.33 Å². The van der Waals surface area contributed by atoms with Crippen LogP contribution in [-0.2, 0) is 22.4 Å². The van der Waals surface area contributed by atoms with E-state index in [2.05, 4.69) is 25.8 Å². The van der Waals surface area contributed by atoms with Crippen LogP contribution in [0.1, 0.15) is 34.1 Å². The first-order valence-corrected chi connectivity index (χ1v) is 12.2. The first kappa shape index (κ1) is 25.1. The molecule has 4 rings (SSSR count). The molecule has 4 aromatic rings. The van der Waals surface area contributed by atoms with Gasteiger partial charge in [-0.05, 0) is 47.2 Å². The highest BCUT2D eigenvalue weighted by Crippen LogP contribution is 2.20. The largest absolute Gasteiger partial charge is 0.342 e. The molecular weight excluding hydrogens is 500 g/mol. The molecule has 36 heavy (non-hydrogen) atoms. The van der Waals surface area contributed by atoms with Crippen LogP contribution in [0.15, 0.2) is 65.8 Å². The number of benzene rings is 2. The smallest absolute Gasteiger partial charge is 0.244 e. The molecule has 0 spiro atoms. The molecule has 11 heteroatoms. The lowest BCUT2D eigenvalue weighted by molar-refractivity contribution is -0.125. The van der Waals surface area contributed by atoms with Crippen LogP contribution in [0.2, 0.25) is 5.02 Å². The van der Waals surface area contributed by atoms with Crippen molar-refractivity contribution in [2.45, 2.75) is 25.8 Å². The summed E-state index contributed by atoms with van der Waals surface area (Å²) in [6.45, 7) is 1.49. The lowest BCUT2D eigenvalue weighted by Crippen LogP contribution is -2.42. The van der Waals surface area contributed by atoms with Crippen molar-refractivity contribution in [3.8, 4) is 5.69 Å². The molecule has 0 bridgehead atoms. The van der Waals surface area contributed by atoms with E-state index in [-0.39, 0.29) is 24.4 Å². The number of hydrogen-bond acceptors (Lipinski definition) is 8. The predicted octanol–water partition coefficient (Wildman–Crippen LogP) is 3.53. The van der Waals surface area contributed by atoms with Gasteiger partial charge in [-0.3, -0.25) is 14.4 Å². The van der Waals surface area contributed by atoms with Gasteiger partial charge in [0, 0.05) is 40.4 Å². The Bertz CT molecular complexity index is 1390. The third-order valence-corrected chi connectivity index (χ3v) is 6.21. The van der Waals surface area contributed by atoms with Gasteiger partial charge in [0.2, 0.25) is 5.91 Å². The fraction of sp³-hybridized carbons (Fsp3) is 0.160. The Morgan fingerprint density at radius 1 is 1.17 bits per heavy atom. The van der Waals surface area contributed by atoms with E-state index in [1.165, 1.54) is 35.3 Å². The van der Waals surface area contributed by atoms with E-state index >= 15 is 0 Å². The maximum absolute atomic E-state index is 13.1. The maximum atomic E-state index is 13.1. The second-order valence-electron chi connectivity index (χ2n) is 7.93. The van der Waals surface area contributed by atoms with Crippen LogP contribution in [0.25, 0.3) is 11.8 Å². The van der Waals surface area contributed by atoms with Crippen LogP contribution in [0.5, 0.6) is 0 Å². The Kier molecular flexibility index (Phi) is 8.09. The van der Waals surface area contributed by atoms with Crippen molar-refractivity contribution >= 4 is 46.5 Å². The number of aromatic nitrogens is 5. The molecule has 182 valence electrons. The van der Waals surface area contributed by atoms with Crippen molar-refractivity contribution in [1.29, 1.82) is 0 Å². The van der Waals surface area contributed by atoms with Crippen LogP contribution >= 0.6 is 22.9 Å². The first-order valence-electron chi connectivity index (χ1n) is 10.9. The van der Waals surface area contributed by atoms with Gasteiger partial charge in [0.15, 0.2) is 11.6 Å². The second kappa shape index (κ2) is 11.6. The molecule has 0 aliphatic heterocycles.